The summed E-state index contributed by atoms with van der Waals surface area (Å²) in [5.74, 6) is 1.11. The van der Waals surface area contributed by atoms with Gasteiger partial charge in [0.25, 0.3) is 0 Å². The second kappa shape index (κ2) is 7.47. The molecule has 5 nitrogen and oxygen atoms in total. The molecule has 0 saturated carbocycles. The minimum Gasteiger partial charge on any atom is -0.480 e. The van der Waals surface area contributed by atoms with Crippen LogP contribution in [0.2, 0.25) is 5.15 Å². The Balaban J connectivity index is 2.19. The van der Waals surface area contributed by atoms with Gasteiger partial charge in [0, 0.05) is 0 Å². The van der Waals surface area contributed by atoms with E-state index in [1.54, 1.807) is 11.8 Å². The highest BCUT2D eigenvalue weighted by molar-refractivity contribution is 7.99. The molecule has 0 aliphatic rings. The number of rotatable bonds is 7. The summed E-state index contributed by atoms with van der Waals surface area (Å²) in [6.45, 7) is 2.04. The first-order valence-electron chi connectivity index (χ1n) is 6.61. The van der Waals surface area contributed by atoms with Crippen LogP contribution in [0.15, 0.2) is 24.3 Å². The average molecular weight is 326 g/mol. The van der Waals surface area contributed by atoms with Crippen LogP contribution in [-0.2, 0) is 4.79 Å². The molecule has 1 aromatic carbocycles. The number of carboxylic acids is 1. The Morgan fingerprint density at radius 2 is 2.05 bits per heavy atom. The molecule has 112 valence electrons. The molecule has 2 aromatic rings. The summed E-state index contributed by atoms with van der Waals surface area (Å²) in [7, 11) is 0. The van der Waals surface area contributed by atoms with Gasteiger partial charge in [0.1, 0.15) is 6.04 Å². The number of fused-ring (bicyclic) bond motifs is 1. The summed E-state index contributed by atoms with van der Waals surface area (Å²) in [4.78, 5) is 19.9. The van der Waals surface area contributed by atoms with Crippen LogP contribution < -0.4 is 5.32 Å². The summed E-state index contributed by atoms with van der Waals surface area (Å²) >= 11 is 7.78. The zero-order valence-corrected chi connectivity index (χ0v) is 13.1. The van der Waals surface area contributed by atoms with Gasteiger partial charge in [-0.05, 0) is 30.1 Å². The molecule has 0 amide bonds. The van der Waals surface area contributed by atoms with E-state index in [9.17, 15) is 9.90 Å². The molecular formula is C14H16ClN3O2S. The van der Waals surface area contributed by atoms with E-state index in [-0.39, 0.29) is 5.15 Å². The van der Waals surface area contributed by atoms with Crippen molar-refractivity contribution in [2.24, 2.45) is 0 Å². The van der Waals surface area contributed by atoms with Crippen molar-refractivity contribution in [1.29, 1.82) is 0 Å². The number of nitrogens with zero attached hydrogens (tertiary/aromatic N) is 2. The molecule has 0 saturated heterocycles. The number of carbonyl (C=O) groups is 1. The number of hydrogen-bond acceptors (Lipinski definition) is 5. The summed E-state index contributed by atoms with van der Waals surface area (Å²) in [5.41, 5.74) is 1.36. The van der Waals surface area contributed by atoms with Gasteiger partial charge in [0.2, 0.25) is 0 Å². The first-order chi connectivity index (χ1) is 10.1. The van der Waals surface area contributed by atoms with E-state index in [0.717, 1.165) is 11.5 Å². The molecule has 0 radical (unpaired) electrons. The Kier molecular flexibility index (Phi) is 5.64. The van der Waals surface area contributed by atoms with E-state index in [1.165, 1.54) is 0 Å². The molecule has 2 rings (SSSR count). The van der Waals surface area contributed by atoms with E-state index in [1.807, 2.05) is 31.2 Å². The molecule has 1 unspecified atom stereocenters. The van der Waals surface area contributed by atoms with Crippen molar-refractivity contribution < 1.29 is 9.90 Å². The van der Waals surface area contributed by atoms with Crippen molar-refractivity contribution in [3.05, 3.63) is 29.4 Å². The molecule has 7 heteroatoms. The lowest BCUT2D eigenvalue weighted by atomic mass is 10.2. The summed E-state index contributed by atoms with van der Waals surface area (Å²) in [6, 6.07) is 6.60. The SMILES string of the molecule is CCSCCC(Nc1nc2ccccc2nc1Cl)C(=O)O. The number of carboxylic acid groups (broad SMARTS) is 1. The lowest BCUT2D eigenvalue weighted by Crippen LogP contribution is -2.30. The Hall–Kier alpha value is -1.53. The average Bonchev–Trinajstić information content (AvgIpc) is 2.46. The molecule has 1 atom stereocenters. The fourth-order valence-electron chi connectivity index (χ4n) is 1.84. The molecule has 0 bridgehead atoms. The van der Waals surface area contributed by atoms with Crippen LogP contribution >= 0.6 is 23.4 Å². The fourth-order valence-corrected chi connectivity index (χ4v) is 2.72. The quantitative estimate of drug-likeness (QED) is 0.761. The minimum atomic E-state index is -0.919. The zero-order valence-electron chi connectivity index (χ0n) is 11.5. The third-order valence-electron chi connectivity index (χ3n) is 2.89. The topological polar surface area (TPSA) is 75.1 Å². The molecule has 1 heterocycles. The van der Waals surface area contributed by atoms with Crippen LogP contribution in [0.3, 0.4) is 0 Å². The van der Waals surface area contributed by atoms with Crippen molar-refractivity contribution in [2.75, 3.05) is 16.8 Å². The number of hydrogen-bond donors (Lipinski definition) is 2. The minimum absolute atomic E-state index is 0.183. The number of para-hydroxylation sites is 2. The van der Waals surface area contributed by atoms with Crippen LogP contribution in [0.25, 0.3) is 11.0 Å². The summed E-state index contributed by atoms with van der Waals surface area (Å²) in [6.07, 6.45) is 0.499. The monoisotopic (exact) mass is 325 g/mol. The number of anilines is 1. The molecule has 0 spiro atoms. The second-order valence-corrected chi connectivity index (χ2v) is 6.12. The third-order valence-corrected chi connectivity index (χ3v) is 4.09. The Bertz CT molecular complexity index is 639. The van der Waals surface area contributed by atoms with Gasteiger partial charge in [0.15, 0.2) is 11.0 Å². The number of nitrogens with one attached hydrogen (secondary N) is 1. The van der Waals surface area contributed by atoms with Crippen molar-refractivity contribution in [3.8, 4) is 0 Å². The highest BCUT2D eigenvalue weighted by Gasteiger charge is 2.19. The van der Waals surface area contributed by atoms with Gasteiger partial charge in [-0.15, -0.1) is 0 Å². The molecule has 2 N–H and O–H groups in total. The maximum Gasteiger partial charge on any atom is 0.326 e. The van der Waals surface area contributed by atoms with Crippen molar-refractivity contribution >= 4 is 46.2 Å². The normalized spacial score (nSPS) is 12.3. The fraction of sp³-hybridized carbons (Fsp3) is 0.357. The molecule has 21 heavy (non-hydrogen) atoms. The highest BCUT2D eigenvalue weighted by Crippen LogP contribution is 2.22. The number of thioether (sulfide) groups is 1. The molecule has 0 aliphatic carbocycles. The van der Waals surface area contributed by atoms with E-state index in [4.69, 9.17) is 11.6 Å². The lowest BCUT2D eigenvalue weighted by molar-refractivity contribution is -0.137. The van der Waals surface area contributed by atoms with E-state index < -0.39 is 12.0 Å². The van der Waals surface area contributed by atoms with Gasteiger partial charge in [-0.1, -0.05) is 30.7 Å². The number of benzene rings is 1. The van der Waals surface area contributed by atoms with E-state index >= 15 is 0 Å². The summed E-state index contributed by atoms with van der Waals surface area (Å²) < 4.78 is 0. The van der Waals surface area contributed by atoms with Crippen LogP contribution in [0.5, 0.6) is 0 Å². The Morgan fingerprint density at radius 1 is 1.38 bits per heavy atom. The molecule has 0 aliphatic heterocycles. The number of halogens is 1. The number of aliphatic carboxylic acids is 1. The number of aromatic nitrogens is 2. The van der Waals surface area contributed by atoms with Crippen LogP contribution in [0, 0.1) is 0 Å². The highest BCUT2D eigenvalue weighted by atomic mass is 35.5. The lowest BCUT2D eigenvalue weighted by Gasteiger charge is -2.15. The predicted molar refractivity (Wildman–Crippen MR) is 87.2 cm³/mol. The van der Waals surface area contributed by atoms with Crippen molar-refractivity contribution in [2.45, 2.75) is 19.4 Å². The maximum atomic E-state index is 11.3. The Labute approximate surface area is 132 Å². The van der Waals surface area contributed by atoms with Gasteiger partial charge in [0.05, 0.1) is 11.0 Å². The molecule has 0 fully saturated rings. The smallest absolute Gasteiger partial charge is 0.326 e. The van der Waals surface area contributed by atoms with Crippen molar-refractivity contribution in [1.82, 2.24) is 9.97 Å². The largest absolute Gasteiger partial charge is 0.480 e. The van der Waals surface area contributed by atoms with Gasteiger partial charge in [-0.2, -0.15) is 11.8 Å². The predicted octanol–water partition coefficient (Wildman–Crippen LogP) is 3.29. The second-order valence-electron chi connectivity index (χ2n) is 4.37. The molecule has 1 aromatic heterocycles. The molecular weight excluding hydrogens is 310 g/mol. The van der Waals surface area contributed by atoms with E-state index in [0.29, 0.717) is 23.3 Å². The van der Waals surface area contributed by atoms with Crippen LogP contribution in [0.4, 0.5) is 5.82 Å². The van der Waals surface area contributed by atoms with E-state index in [2.05, 4.69) is 15.3 Å². The zero-order chi connectivity index (χ0) is 15.2. The van der Waals surface area contributed by atoms with Crippen molar-refractivity contribution in [3.63, 3.8) is 0 Å². The van der Waals surface area contributed by atoms with Crippen LogP contribution in [-0.4, -0.2) is 38.6 Å². The maximum absolute atomic E-state index is 11.3. The first kappa shape index (κ1) is 15.9. The van der Waals surface area contributed by atoms with Gasteiger partial charge < -0.3 is 10.4 Å². The van der Waals surface area contributed by atoms with Gasteiger partial charge in [-0.25, -0.2) is 14.8 Å². The summed E-state index contributed by atoms with van der Waals surface area (Å²) in [5, 5.41) is 12.3. The standard InChI is InChI=1S/C14H16ClN3O2S/c1-2-21-8-7-11(14(19)20)18-13-12(15)16-9-5-3-4-6-10(9)17-13/h3-6,11H,2,7-8H2,1H3,(H,17,18)(H,19,20). The third kappa shape index (κ3) is 4.22. The Morgan fingerprint density at radius 3 is 2.67 bits per heavy atom. The van der Waals surface area contributed by atoms with Gasteiger partial charge >= 0.3 is 5.97 Å². The van der Waals surface area contributed by atoms with Crippen LogP contribution in [0.1, 0.15) is 13.3 Å². The van der Waals surface area contributed by atoms with Gasteiger partial charge in [-0.3, -0.25) is 0 Å². The first-order valence-corrected chi connectivity index (χ1v) is 8.14.